The van der Waals surface area contributed by atoms with E-state index >= 15 is 0 Å². The Balaban J connectivity index is 2.48. The summed E-state index contributed by atoms with van der Waals surface area (Å²) in [6.45, 7) is 3.59. The van der Waals surface area contributed by atoms with Gasteiger partial charge in [-0.15, -0.1) is 0 Å². The van der Waals surface area contributed by atoms with E-state index < -0.39 is 11.7 Å². The molecule has 1 aromatic heterocycles. The Kier molecular flexibility index (Phi) is 3.36. The predicted molar refractivity (Wildman–Crippen MR) is 65.9 cm³/mol. The predicted octanol–water partition coefficient (Wildman–Crippen LogP) is 3.22. The van der Waals surface area contributed by atoms with Crippen LogP contribution in [0.2, 0.25) is 0 Å². The monoisotopic (exact) mass is 269 g/mol. The van der Waals surface area contributed by atoms with Crippen molar-refractivity contribution in [1.29, 1.82) is 0 Å². The zero-order valence-corrected chi connectivity index (χ0v) is 10.6. The largest absolute Gasteiger partial charge is 0.416 e. The standard InChI is InChI=1S/C13H14F3N3/c1-8(17)12-7-18-19(9(12)2)11-5-3-4-10(6-11)13(14,15)16/h3-8H,17H2,1-2H3. The Bertz CT molecular complexity index is 585. The summed E-state index contributed by atoms with van der Waals surface area (Å²) in [6.07, 6.45) is -2.78. The number of nitrogens with two attached hydrogens (primary N) is 1. The van der Waals surface area contributed by atoms with E-state index in [-0.39, 0.29) is 6.04 Å². The lowest BCUT2D eigenvalue weighted by atomic mass is 10.1. The average molecular weight is 269 g/mol. The summed E-state index contributed by atoms with van der Waals surface area (Å²) in [5, 5.41) is 4.10. The molecule has 1 aromatic carbocycles. The Morgan fingerprint density at radius 2 is 2.00 bits per heavy atom. The van der Waals surface area contributed by atoms with Gasteiger partial charge in [0, 0.05) is 17.3 Å². The molecule has 0 saturated carbocycles. The van der Waals surface area contributed by atoms with Gasteiger partial charge in [-0.1, -0.05) is 6.07 Å². The second-order valence-electron chi connectivity index (χ2n) is 4.43. The van der Waals surface area contributed by atoms with Crippen molar-refractivity contribution in [2.75, 3.05) is 0 Å². The van der Waals surface area contributed by atoms with E-state index in [0.29, 0.717) is 5.69 Å². The fraction of sp³-hybridized carbons (Fsp3) is 0.308. The fourth-order valence-corrected chi connectivity index (χ4v) is 1.94. The zero-order chi connectivity index (χ0) is 14.2. The highest BCUT2D eigenvalue weighted by molar-refractivity contribution is 5.39. The molecule has 0 radical (unpaired) electrons. The summed E-state index contributed by atoms with van der Waals surface area (Å²) in [6, 6.07) is 4.85. The number of hydrogen-bond acceptors (Lipinski definition) is 2. The van der Waals surface area contributed by atoms with Crippen LogP contribution in [0.15, 0.2) is 30.5 Å². The van der Waals surface area contributed by atoms with E-state index in [9.17, 15) is 13.2 Å². The first kappa shape index (κ1) is 13.6. The van der Waals surface area contributed by atoms with Crippen LogP contribution in [-0.2, 0) is 6.18 Å². The quantitative estimate of drug-likeness (QED) is 0.909. The molecule has 1 atom stereocenters. The van der Waals surface area contributed by atoms with Crippen molar-refractivity contribution < 1.29 is 13.2 Å². The third-order valence-corrected chi connectivity index (χ3v) is 2.96. The Morgan fingerprint density at radius 1 is 1.32 bits per heavy atom. The topological polar surface area (TPSA) is 43.8 Å². The normalized spacial score (nSPS) is 13.6. The number of rotatable bonds is 2. The number of aromatic nitrogens is 2. The average Bonchev–Trinajstić information content (AvgIpc) is 2.70. The molecule has 0 aliphatic heterocycles. The molecular weight excluding hydrogens is 255 g/mol. The van der Waals surface area contributed by atoms with Gasteiger partial charge in [0.2, 0.25) is 0 Å². The minimum Gasteiger partial charge on any atom is -0.324 e. The molecule has 6 heteroatoms. The SMILES string of the molecule is Cc1c(C(C)N)cnn1-c1cccc(C(F)(F)F)c1. The molecule has 0 fully saturated rings. The first-order valence-corrected chi connectivity index (χ1v) is 5.78. The third kappa shape index (κ3) is 2.63. The molecule has 0 aliphatic carbocycles. The maximum atomic E-state index is 12.7. The molecule has 1 heterocycles. The second kappa shape index (κ2) is 4.70. The minimum absolute atomic E-state index is 0.209. The third-order valence-electron chi connectivity index (χ3n) is 2.96. The van der Waals surface area contributed by atoms with Crippen molar-refractivity contribution in [1.82, 2.24) is 9.78 Å². The van der Waals surface area contributed by atoms with E-state index in [1.807, 2.05) is 0 Å². The molecule has 0 saturated heterocycles. The van der Waals surface area contributed by atoms with Gasteiger partial charge < -0.3 is 5.73 Å². The van der Waals surface area contributed by atoms with E-state index in [0.717, 1.165) is 23.4 Å². The lowest BCUT2D eigenvalue weighted by Crippen LogP contribution is -2.08. The van der Waals surface area contributed by atoms with Gasteiger partial charge in [-0.05, 0) is 32.0 Å². The zero-order valence-electron chi connectivity index (χ0n) is 10.6. The summed E-state index contributed by atoms with van der Waals surface area (Å²) in [7, 11) is 0. The molecule has 2 N–H and O–H groups in total. The van der Waals surface area contributed by atoms with Crippen molar-refractivity contribution in [3.63, 3.8) is 0 Å². The molecule has 0 spiro atoms. The van der Waals surface area contributed by atoms with Crippen LogP contribution in [0, 0.1) is 6.92 Å². The molecule has 2 aromatic rings. The second-order valence-corrected chi connectivity index (χ2v) is 4.43. The van der Waals surface area contributed by atoms with Gasteiger partial charge >= 0.3 is 6.18 Å². The molecule has 0 aliphatic rings. The number of alkyl halides is 3. The molecule has 1 unspecified atom stereocenters. The van der Waals surface area contributed by atoms with E-state index in [2.05, 4.69) is 5.10 Å². The smallest absolute Gasteiger partial charge is 0.324 e. The van der Waals surface area contributed by atoms with Gasteiger partial charge in [-0.25, -0.2) is 4.68 Å². The van der Waals surface area contributed by atoms with Crippen LogP contribution < -0.4 is 5.73 Å². The Hall–Kier alpha value is -1.82. The summed E-state index contributed by atoms with van der Waals surface area (Å²) in [5.41, 5.74) is 7.02. The number of benzene rings is 1. The van der Waals surface area contributed by atoms with Crippen molar-refractivity contribution in [2.45, 2.75) is 26.1 Å². The van der Waals surface area contributed by atoms with Crippen LogP contribution in [0.5, 0.6) is 0 Å². The van der Waals surface area contributed by atoms with Gasteiger partial charge in [0.15, 0.2) is 0 Å². The van der Waals surface area contributed by atoms with Crippen molar-refractivity contribution in [3.05, 3.63) is 47.3 Å². The van der Waals surface area contributed by atoms with Crippen LogP contribution in [0.25, 0.3) is 5.69 Å². The maximum absolute atomic E-state index is 12.7. The first-order valence-electron chi connectivity index (χ1n) is 5.78. The van der Waals surface area contributed by atoms with Crippen LogP contribution >= 0.6 is 0 Å². The number of halogens is 3. The molecular formula is C13H14F3N3. The van der Waals surface area contributed by atoms with Crippen molar-refractivity contribution in [2.24, 2.45) is 5.73 Å². The van der Waals surface area contributed by atoms with Gasteiger partial charge in [0.05, 0.1) is 17.4 Å². The van der Waals surface area contributed by atoms with Gasteiger partial charge in [-0.2, -0.15) is 18.3 Å². The minimum atomic E-state index is -4.36. The number of hydrogen-bond donors (Lipinski definition) is 1. The van der Waals surface area contributed by atoms with Crippen molar-refractivity contribution in [3.8, 4) is 5.69 Å². The first-order chi connectivity index (χ1) is 8.80. The summed E-state index contributed by atoms with van der Waals surface area (Å²) in [4.78, 5) is 0. The van der Waals surface area contributed by atoms with Gasteiger partial charge in [0.25, 0.3) is 0 Å². The van der Waals surface area contributed by atoms with Crippen LogP contribution in [0.3, 0.4) is 0 Å². The van der Waals surface area contributed by atoms with Crippen LogP contribution in [0.1, 0.15) is 29.8 Å². The highest BCUT2D eigenvalue weighted by atomic mass is 19.4. The van der Waals surface area contributed by atoms with Crippen molar-refractivity contribution >= 4 is 0 Å². The number of nitrogens with zero attached hydrogens (tertiary/aromatic N) is 2. The Labute approximate surface area is 108 Å². The fourth-order valence-electron chi connectivity index (χ4n) is 1.94. The lowest BCUT2D eigenvalue weighted by molar-refractivity contribution is -0.137. The van der Waals surface area contributed by atoms with Gasteiger partial charge in [0.1, 0.15) is 0 Å². The molecule has 102 valence electrons. The van der Waals surface area contributed by atoms with Crippen LogP contribution in [-0.4, -0.2) is 9.78 Å². The van der Waals surface area contributed by atoms with Gasteiger partial charge in [-0.3, -0.25) is 0 Å². The van der Waals surface area contributed by atoms with E-state index in [1.54, 1.807) is 26.1 Å². The highest BCUT2D eigenvalue weighted by Crippen LogP contribution is 2.30. The highest BCUT2D eigenvalue weighted by Gasteiger charge is 2.30. The summed E-state index contributed by atoms with van der Waals surface area (Å²) < 4.78 is 39.5. The van der Waals surface area contributed by atoms with E-state index in [4.69, 9.17) is 5.73 Å². The molecule has 19 heavy (non-hydrogen) atoms. The lowest BCUT2D eigenvalue weighted by Gasteiger charge is -2.10. The molecule has 2 rings (SSSR count). The molecule has 3 nitrogen and oxygen atoms in total. The Morgan fingerprint density at radius 3 is 2.53 bits per heavy atom. The maximum Gasteiger partial charge on any atom is 0.416 e. The summed E-state index contributed by atoms with van der Waals surface area (Å²) >= 11 is 0. The van der Waals surface area contributed by atoms with E-state index in [1.165, 1.54) is 10.7 Å². The van der Waals surface area contributed by atoms with Crippen LogP contribution in [0.4, 0.5) is 13.2 Å². The summed E-state index contributed by atoms with van der Waals surface area (Å²) in [5.74, 6) is 0. The molecule has 0 bridgehead atoms. The molecule has 0 amide bonds.